The third kappa shape index (κ3) is 4.09. The van der Waals surface area contributed by atoms with Crippen molar-refractivity contribution in [2.24, 2.45) is 0 Å². The van der Waals surface area contributed by atoms with E-state index in [1.807, 2.05) is 0 Å². The standard InChI is InChI=1S/C14H16N4O2S/c1-8-7-12(19)18-14(16-8)21-9(2)13(20)17-11-6-4-3-5-10(11)15/h3-7,9H,15H2,1-2H3,(H,17,20)(H,16,18,19). The Kier molecular flexibility index (Phi) is 4.64. The number of nitrogens with one attached hydrogen (secondary N) is 2. The molecule has 1 unspecified atom stereocenters. The van der Waals surface area contributed by atoms with Gasteiger partial charge in [-0.2, -0.15) is 0 Å². The van der Waals surface area contributed by atoms with Crippen molar-refractivity contribution in [1.82, 2.24) is 9.97 Å². The van der Waals surface area contributed by atoms with Crippen molar-refractivity contribution in [3.05, 3.63) is 46.4 Å². The predicted molar refractivity (Wildman–Crippen MR) is 84.4 cm³/mol. The van der Waals surface area contributed by atoms with Crippen molar-refractivity contribution in [3.63, 3.8) is 0 Å². The Morgan fingerprint density at radius 1 is 1.43 bits per heavy atom. The minimum atomic E-state index is -0.422. The highest BCUT2D eigenvalue weighted by Gasteiger charge is 2.16. The average Bonchev–Trinajstić information content (AvgIpc) is 2.40. The maximum absolute atomic E-state index is 12.1. The summed E-state index contributed by atoms with van der Waals surface area (Å²) in [5, 5.41) is 2.75. The number of rotatable bonds is 4. The van der Waals surface area contributed by atoms with Crippen LogP contribution in [0.25, 0.3) is 0 Å². The van der Waals surface area contributed by atoms with E-state index in [9.17, 15) is 9.59 Å². The van der Waals surface area contributed by atoms with Crippen LogP contribution >= 0.6 is 11.8 Å². The van der Waals surface area contributed by atoms with Crippen molar-refractivity contribution >= 4 is 29.0 Å². The fourth-order valence-electron chi connectivity index (χ4n) is 1.67. The molecule has 0 radical (unpaired) electrons. The highest BCUT2D eigenvalue weighted by atomic mass is 32.2. The summed E-state index contributed by atoms with van der Waals surface area (Å²) < 4.78 is 0. The molecule has 1 aromatic carbocycles. The van der Waals surface area contributed by atoms with Crippen LogP contribution in [0.4, 0.5) is 11.4 Å². The Hall–Kier alpha value is -2.28. The second-order valence-corrected chi connectivity index (χ2v) is 5.86. The smallest absolute Gasteiger partial charge is 0.251 e. The first-order chi connectivity index (χ1) is 9.95. The third-order valence-electron chi connectivity index (χ3n) is 2.72. The number of hydrogen-bond acceptors (Lipinski definition) is 5. The molecular formula is C14H16N4O2S. The van der Waals surface area contributed by atoms with Gasteiger partial charge in [0.05, 0.1) is 16.6 Å². The van der Waals surface area contributed by atoms with E-state index in [1.165, 1.54) is 17.8 Å². The van der Waals surface area contributed by atoms with Crippen LogP contribution in [-0.4, -0.2) is 21.1 Å². The van der Waals surface area contributed by atoms with Crippen molar-refractivity contribution < 1.29 is 4.79 Å². The quantitative estimate of drug-likeness (QED) is 0.454. The summed E-state index contributed by atoms with van der Waals surface area (Å²) in [6.45, 7) is 3.47. The number of nitrogen functional groups attached to an aromatic ring is 1. The normalized spacial score (nSPS) is 11.9. The summed E-state index contributed by atoms with van der Waals surface area (Å²) in [6, 6.07) is 8.44. The van der Waals surface area contributed by atoms with Crippen LogP contribution in [0.1, 0.15) is 12.6 Å². The molecule has 0 aliphatic rings. The molecule has 1 aromatic heterocycles. The Morgan fingerprint density at radius 2 is 2.14 bits per heavy atom. The first kappa shape index (κ1) is 15.1. The van der Waals surface area contributed by atoms with Gasteiger partial charge in [0.15, 0.2) is 5.16 Å². The van der Waals surface area contributed by atoms with Crippen molar-refractivity contribution in [2.75, 3.05) is 11.1 Å². The molecule has 1 amide bonds. The molecule has 0 saturated heterocycles. The number of H-pyrrole nitrogens is 1. The number of nitrogens with two attached hydrogens (primary N) is 1. The molecule has 7 heteroatoms. The molecule has 4 N–H and O–H groups in total. The van der Waals surface area contributed by atoms with E-state index in [0.29, 0.717) is 22.2 Å². The Balaban J connectivity index is 2.06. The lowest BCUT2D eigenvalue weighted by Crippen LogP contribution is -2.23. The summed E-state index contributed by atoms with van der Waals surface area (Å²) >= 11 is 1.19. The minimum absolute atomic E-state index is 0.206. The summed E-state index contributed by atoms with van der Waals surface area (Å²) in [5.74, 6) is -0.206. The highest BCUT2D eigenvalue weighted by Crippen LogP contribution is 2.22. The number of carbonyl (C=O) groups is 1. The summed E-state index contributed by atoms with van der Waals surface area (Å²) in [4.78, 5) is 30.3. The van der Waals surface area contributed by atoms with Crippen molar-refractivity contribution in [1.29, 1.82) is 0 Å². The van der Waals surface area contributed by atoms with Gasteiger partial charge < -0.3 is 16.0 Å². The SMILES string of the molecule is Cc1cc(=O)[nH]c(SC(C)C(=O)Nc2ccccc2N)n1. The third-order valence-corrected chi connectivity index (χ3v) is 3.71. The predicted octanol–water partition coefficient (Wildman–Crippen LogP) is 1.78. The number of para-hydroxylation sites is 2. The van der Waals surface area contributed by atoms with E-state index in [-0.39, 0.29) is 11.5 Å². The van der Waals surface area contributed by atoms with Crippen LogP contribution < -0.4 is 16.6 Å². The first-order valence-electron chi connectivity index (χ1n) is 6.35. The zero-order chi connectivity index (χ0) is 15.4. The van der Waals surface area contributed by atoms with Crippen molar-refractivity contribution in [2.45, 2.75) is 24.3 Å². The number of anilines is 2. The Bertz CT molecular complexity index is 714. The van der Waals surface area contributed by atoms with Crippen LogP contribution in [0.5, 0.6) is 0 Å². The molecule has 1 atom stereocenters. The highest BCUT2D eigenvalue weighted by molar-refractivity contribution is 8.00. The van der Waals surface area contributed by atoms with Gasteiger partial charge in [0.2, 0.25) is 5.91 Å². The van der Waals surface area contributed by atoms with E-state index >= 15 is 0 Å². The monoisotopic (exact) mass is 304 g/mol. The van der Waals surface area contributed by atoms with Crippen LogP contribution in [0.3, 0.4) is 0 Å². The molecular weight excluding hydrogens is 288 g/mol. The zero-order valence-corrected chi connectivity index (χ0v) is 12.5. The largest absolute Gasteiger partial charge is 0.397 e. The van der Waals surface area contributed by atoms with Gasteiger partial charge in [-0.25, -0.2) is 4.98 Å². The minimum Gasteiger partial charge on any atom is -0.397 e. The lowest BCUT2D eigenvalue weighted by atomic mass is 10.2. The number of aromatic amines is 1. The van der Waals surface area contributed by atoms with Crippen LogP contribution in [0, 0.1) is 6.92 Å². The number of amides is 1. The van der Waals surface area contributed by atoms with Gasteiger partial charge in [-0.05, 0) is 26.0 Å². The molecule has 0 saturated carbocycles. The topological polar surface area (TPSA) is 101 Å². The number of nitrogens with zero attached hydrogens (tertiary/aromatic N) is 1. The number of benzene rings is 1. The average molecular weight is 304 g/mol. The molecule has 0 bridgehead atoms. The fourth-order valence-corrected chi connectivity index (χ4v) is 2.53. The van der Waals surface area contributed by atoms with Crippen LogP contribution in [0.15, 0.2) is 40.3 Å². The molecule has 0 aliphatic carbocycles. The van der Waals surface area contributed by atoms with Crippen molar-refractivity contribution in [3.8, 4) is 0 Å². The fraction of sp³-hybridized carbons (Fsp3) is 0.214. The Labute approximate surface area is 126 Å². The van der Waals surface area contributed by atoms with E-state index in [0.717, 1.165) is 0 Å². The molecule has 1 heterocycles. The van der Waals surface area contributed by atoms with Gasteiger partial charge in [0, 0.05) is 11.8 Å². The summed E-state index contributed by atoms with van der Waals surface area (Å²) in [7, 11) is 0. The maximum Gasteiger partial charge on any atom is 0.251 e. The molecule has 2 rings (SSSR count). The van der Waals surface area contributed by atoms with Gasteiger partial charge in [0.25, 0.3) is 5.56 Å². The van der Waals surface area contributed by atoms with E-state index < -0.39 is 5.25 Å². The van der Waals surface area contributed by atoms with Gasteiger partial charge in [-0.1, -0.05) is 23.9 Å². The van der Waals surface area contributed by atoms with E-state index in [2.05, 4.69) is 15.3 Å². The number of hydrogen-bond donors (Lipinski definition) is 3. The van der Waals surface area contributed by atoms with Gasteiger partial charge in [0.1, 0.15) is 0 Å². The number of thioether (sulfide) groups is 1. The van der Waals surface area contributed by atoms with Gasteiger partial charge >= 0.3 is 0 Å². The lowest BCUT2D eigenvalue weighted by Gasteiger charge is -2.12. The second kappa shape index (κ2) is 6.45. The molecule has 0 fully saturated rings. The lowest BCUT2D eigenvalue weighted by molar-refractivity contribution is -0.115. The number of aromatic nitrogens is 2. The second-order valence-electron chi connectivity index (χ2n) is 4.53. The zero-order valence-electron chi connectivity index (χ0n) is 11.7. The molecule has 110 valence electrons. The summed E-state index contributed by atoms with van der Waals surface area (Å²) in [6.07, 6.45) is 0. The molecule has 0 spiro atoms. The first-order valence-corrected chi connectivity index (χ1v) is 7.23. The molecule has 0 aliphatic heterocycles. The maximum atomic E-state index is 12.1. The molecule has 21 heavy (non-hydrogen) atoms. The Morgan fingerprint density at radius 3 is 2.81 bits per heavy atom. The van der Waals surface area contributed by atoms with Gasteiger partial charge in [-0.3, -0.25) is 9.59 Å². The van der Waals surface area contributed by atoms with Crippen LogP contribution in [-0.2, 0) is 4.79 Å². The number of carbonyl (C=O) groups excluding carboxylic acids is 1. The van der Waals surface area contributed by atoms with E-state index in [1.54, 1.807) is 38.1 Å². The van der Waals surface area contributed by atoms with E-state index in [4.69, 9.17) is 5.73 Å². The van der Waals surface area contributed by atoms with Crippen LogP contribution in [0.2, 0.25) is 0 Å². The summed E-state index contributed by atoms with van der Waals surface area (Å²) in [5.41, 5.74) is 7.24. The molecule has 6 nitrogen and oxygen atoms in total. The van der Waals surface area contributed by atoms with Gasteiger partial charge in [-0.15, -0.1) is 0 Å². The number of aryl methyl sites for hydroxylation is 1. The molecule has 2 aromatic rings.